The summed E-state index contributed by atoms with van der Waals surface area (Å²) in [6.45, 7) is 0. The number of fused-ring (bicyclic) bond motifs is 1. The van der Waals surface area contributed by atoms with Crippen molar-refractivity contribution in [3.05, 3.63) is 58.3 Å². The van der Waals surface area contributed by atoms with Gasteiger partial charge in [-0.05, 0) is 68.4 Å². The summed E-state index contributed by atoms with van der Waals surface area (Å²) in [5.74, 6) is -1.99. The minimum absolute atomic E-state index is 0.119. The molecule has 0 radical (unpaired) electrons. The predicted octanol–water partition coefficient (Wildman–Crippen LogP) is 6.15. The lowest BCUT2D eigenvalue weighted by Gasteiger charge is -2.32. The van der Waals surface area contributed by atoms with Crippen LogP contribution in [0.1, 0.15) is 62.9 Å². The van der Waals surface area contributed by atoms with Crippen LogP contribution in [0.3, 0.4) is 0 Å². The molecular weight excluding hydrogens is 508 g/mol. The lowest BCUT2D eigenvalue weighted by Crippen LogP contribution is -2.30. The number of benzene rings is 2. The van der Waals surface area contributed by atoms with E-state index in [0.29, 0.717) is 18.5 Å². The molecule has 1 aliphatic heterocycles. The first-order chi connectivity index (χ1) is 16.3. The van der Waals surface area contributed by atoms with E-state index in [0.717, 1.165) is 59.1 Å². The van der Waals surface area contributed by atoms with Crippen LogP contribution < -0.4 is 4.90 Å². The number of anilines is 1. The highest BCUT2D eigenvalue weighted by Crippen LogP contribution is 2.43. The van der Waals surface area contributed by atoms with E-state index in [-0.39, 0.29) is 24.3 Å². The summed E-state index contributed by atoms with van der Waals surface area (Å²) < 4.78 is 30.7. The predicted molar refractivity (Wildman–Crippen MR) is 126 cm³/mol. The average molecular weight is 532 g/mol. The minimum Gasteiger partial charge on any atom is -0.481 e. The van der Waals surface area contributed by atoms with Gasteiger partial charge in [-0.15, -0.1) is 0 Å². The quantitative estimate of drug-likeness (QED) is 0.428. The van der Waals surface area contributed by atoms with Crippen LogP contribution in [0.2, 0.25) is 0 Å². The monoisotopic (exact) mass is 531 g/mol. The van der Waals surface area contributed by atoms with E-state index in [1.54, 1.807) is 0 Å². The summed E-state index contributed by atoms with van der Waals surface area (Å²) in [4.78, 5) is 30.5. The smallest absolute Gasteiger partial charge is 0.303 e. The second kappa shape index (κ2) is 9.09. The van der Waals surface area contributed by atoms with Gasteiger partial charge in [0, 0.05) is 35.1 Å². The molecular formula is C25H24BrF2N3O3. The molecule has 2 fully saturated rings. The normalized spacial score (nSPS) is 23.1. The highest BCUT2D eigenvalue weighted by molar-refractivity contribution is 9.10. The number of aromatic nitrogens is 2. The van der Waals surface area contributed by atoms with Crippen molar-refractivity contribution in [2.45, 2.75) is 57.0 Å². The molecule has 178 valence electrons. The number of nitrogens with zero attached hydrogens (tertiary/aromatic N) is 3. The summed E-state index contributed by atoms with van der Waals surface area (Å²) in [5.41, 5.74) is 2.06. The Hall–Kier alpha value is -2.81. The Balaban J connectivity index is 1.55. The zero-order valence-corrected chi connectivity index (χ0v) is 20.0. The number of aliphatic carboxylic acids is 1. The van der Waals surface area contributed by atoms with E-state index in [4.69, 9.17) is 10.1 Å². The molecule has 2 aliphatic rings. The number of imidazole rings is 1. The Labute approximate surface area is 203 Å². The number of rotatable bonds is 5. The highest BCUT2D eigenvalue weighted by Gasteiger charge is 2.38. The molecule has 5 rings (SSSR count). The third-order valence-electron chi connectivity index (χ3n) is 7.01. The van der Waals surface area contributed by atoms with Gasteiger partial charge >= 0.3 is 5.97 Å². The number of carboxylic acids is 1. The van der Waals surface area contributed by atoms with Crippen LogP contribution >= 0.6 is 15.9 Å². The van der Waals surface area contributed by atoms with Crippen LogP contribution in [0.4, 0.5) is 14.5 Å². The lowest BCUT2D eigenvalue weighted by atomic mass is 9.84. The standard InChI is InChI=1S/C25H24BrF2N3O3/c26-15-3-8-21-20(12-15)29-25(31(21)16-4-1-14(2-5-16)11-24(33)34)22-9-10-23(32)30(22)17-6-7-18(27)19(28)13-17/h3,6-8,12-14,16,22H,1-2,4-5,9-11H2,(H,33,34). The molecule has 3 aromatic rings. The first-order valence-electron chi connectivity index (χ1n) is 11.5. The Morgan fingerprint density at radius 1 is 1.06 bits per heavy atom. The Bertz CT molecular complexity index is 1270. The maximum Gasteiger partial charge on any atom is 0.303 e. The van der Waals surface area contributed by atoms with Gasteiger partial charge in [0.1, 0.15) is 5.82 Å². The number of carbonyl (C=O) groups excluding carboxylic acids is 1. The van der Waals surface area contributed by atoms with Gasteiger partial charge in [-0.25, -0.2) is 13.8 Å². The number of amides is 1. The molecule has 1 N–H and O–H groups in total. The molecule has 2 heterocycles. The van der Waals surface area contributed by atoms with E-state index in [2.05, 4.69) is 20.5 Å². The fraction of sp³-hybridized carbons (Fsp3) is 0.400. The first kappa shape index (κ1) is 23.0. The van der Waals surface area contributed by atoms with Gasteiger partial charge in [-0.3, -0.25) is 9.59 Å². The molecule has 9 heteroatoms. The van der Waals surface area contributed by atoms with Crippen LogP contribution in [0, 0.1) is 17.6 Å². The number of hydrogen-bond acceptors (Lipinski definition) is 3. The molecule has 1 aromatic heterocycles. The number of hydrogen-bond donors (Lipinski definition) is 1. The van der Waals surface area contributed by atoms with Crippen molar-refractivity contribution in [1.82, 2.24) is 9.55 Å². The number of carbonyl (C=O) groups is 2. The Morgan fingerprint density at radius 3 is 2.53 bits per heavy atom. The van der Waals surface area contributed by atoms with E-state index in [9.17, 15) is 18.4 Å². The first-order valence-corrected chi connectivity index (χ1v) is 12.3. The number of carboxylic acid groups (broad SMARTS) is 1. The Morgan fingerprint density at radius 2 is 1.82 bits per heavy atom. The molecule has 0 spiro atoms. The van der Waals surface area contributed by atoms with Gasteiger partial charge in [-0.2, -0.15) is 0 Å². The van der Waals surface area contributed by atoms with Gasteiger partial charge in [0.15, 0.2) is 11.6 Å². The SMILES string of the molecule is O=C(O)CC1CCC(n2c(C3CCC(=O)N3c3ccc(F)c(F)c3)nc3cc(Br)ccc32)CC1. The van der Waals surface area contributed by atoms with Gasteiger partial charge in [0.25, 0.3) is 0 Å². The largest absolute Gasteiger partial charge is 0.481 e. The van der Waals surface area contributed by atoms with Crippen molar-refractivity contribution >= 4 is 44.5 Å². The molecule has 34 heavy (non-hydrogen) atoms. The van der Waals surface area contributed by atoms with Crippen molar-refractivity contribution in [3.8, 4) is 0 Å². The highest BCUT2D eigenvalue weighted by atomic mass is 79.9. The summed E-state index contributed by atoms with van der Waals surface area (Å²) in [7, 11) is 0. The summed E-state index contributed by atoms with van der Waals surface area (Å²) in [6.07, 6.45) is 4.25. The van der Waals surface area contributed by atoms with E-state index >= 15 is 0 Å². The van der Waals surface area contributed by atoms with Crippen LogP contribution in [-0.4, -0.2) is 26.5 Å². The molecule has 0 bridgehead atoms. The molecule has 1 aliphatic carbocycles. The maximum atomic E-state index is 14.0. The van der Waals surface area contributed by atoms with E-state index in [1.165, 1.54) is 11.0 Å². The van der Waals surface area contributed by atoms with Crippen LogP contribution in [0.15, 0.2) is 40.9 Å². The molecule has 1 atom stereocenters. The van der Waals surface area contributed by atoms with Crippen molar-refractivity contribution in [1.29, 1.82) is 0 Å². The van der Waals surface area contributed by atoms with Crippen LogP contribution in [0.25, 0.3) is 11.0 Å². The molecule has 1 amide bonds. The fourth-order valence-corrected chi connectivity index (χ4v) is 5.80. The molecule has 1 saturated heterocycles. The maximum absolute atomic E-state index is 14.0. The van der Waals surface area contributed by atoms with Gasteiger partial charge < -0.3 is 14.6 Å². The lowest BCUT2D eigenvalue weighted by molar-refractivity contribution is -0.138. The van der Waals surface area contributed by atoms with Crippen LogP contribution in [0.5, 0.6) is 0 Å². The van der Waals surface area contributed by atoms with Crippen molar-refractivity contribution < 1.29 is 23.5 Å². The molecule has 2 aromatic carbocycles. The van der Waals surface area contributed by atoms with Gasteiger partial charge in [0.05, 0.1) is 17.1 Å². The summed E-state index contributed by atoms with van der Waals surface area (Å²) in [6, 6.07) is 9.13. The zero-order valence-electron chi connectivity index (χ0n) is 18.4. The minimum atomic E-state index is -0.995. The third-order valence-corrected chi connectivity index (χ3v) is 7.51. The summed E-state index contributed by atoms with van der Waals surface area (Å²) >= 11 is 3.50. The second-order valence-corrected chi connectivity index (χ2v) is 10.1. The van der Waals surface area contributed by atoms with Crippen molar-refractivity contribution in [2.75, 3.05) is 4.90 Å². The van der Waals surface area contributed by atoms with Gasteiger partial charge in [-0.1, -0.05) is 15.9 Å². The fourth-order valence-electron chi connectivity index (χ4n) is 5.45. The van der Waals surface area contributed by atoms with E-state index in [1.807, 2.05) is 18.2 Å². The second-order valence-electron chi connectivity index (χ2n) is 9.16. The number of halogens is 3. The van der Waals surface area contributed by atoms with E-state index < -0.39 is 23.6 Å². The topological polar surface area (TPSA) is 75.4 Å². The zero-order chi connectivity index (χ0) is 24.0. The van der Waals surface area contributed by atoms with Crippen molar-refractivity contribution in [3.63, 3.8) is 0 Å². The molecule has 1 saturated carbocycles. The van der Waals surface area contributed by atoms with Crippen LogP contribution in [-0.2, 0) is 9.59 Å². The molecule has 6 nitrogen and oxygen atoms in total. The third kappa shape index (κ3) is 4.21. The van der Waals surface area contributed by atoms with Crippen molar-refractivity contribution in [2.24, 2.45) is 5.92 Å². The van der Waals surface area contributed by atoms with Gasteiger partial charge in [0.2, 0.25) is 5.91 Å². The molecule has 1 unspecified atom stereocenters. The summed E-state index contributed by atoms with van der Waals surface area (Å²) in [5, 5.41) is 9.16. The average Bonchev–Trinajstić information content (AvgIpc) is 3.36. The Kier molecular flexibility index (Phi) is 6.14.